The summed E-state index contributed by atoms with van der Waals surface area (Å²) in [5.74, 6) is -0.586. The van der Waals surface area contributed by atoms with Crippen molar-refractivity contribution in [1.29, 1.82) is 5.26 Å². The van der Waals surface area contributed by atoms with Gasteiger partial charge in [-0.25, -0.2) is 13.8 Å². The Morgan fingerprint density at radius 2 is 1.86 bits per heavy atom. The second-order valence-electron chi connectivity index (χ2n) is 6.20. The van der Waals surface area contributed by atoms with Crippen LogP contribution in [0.3, 0.4) is 0 Å². The van der Waals surface area contributed by atoms with Crippen LogP contribution in [0.2, 0.25) is 0 Å². The molecule has 0 bridgehead atoms. The lowest BCUT2D eigenvalue weighted by Gasteiger charge is -2.17. The third kappa shape index (κ3) is 2.81. The van der Waals surface area contributed by atoms with Crippen LogP contribution in [0.5, 0.6) is 5.75 Å². The Labute approximate surface area is 158 Å². The van der Waals surface area contributed by atoms with Crippen LogP contribution in [0.15, 0.2) is 18.2 Å². The average Bonchev–Trinajstić information content (AvgIpc) is 3.02. The predicted octanol–water partition coefficient (Wildman–Crippen LogP) is 5.12. The molecule has 28 heavy (non-hydrogen) atoms. The molecular formula is C19H16F4N4O. The SMILES string of the molecule is COc1ccc(C)c(-c2c(N)c(C#N)cc3c2nc(C(F)F)n3C(F)F)c1C. The van der Waals surface area contributed by atoms with Gasteiger partial charge in [-0.3, -0.25) is 4.57 Å². The van der Waals surface area contributed by atoms with Crippen molar-refractivity contribution < 1.29 is 22.3 Å². The van der Waals surface area contributed by atoms with E-state index >= 15 is 0 Å². The Morgan fingerprint density at radius 3 is 2.39 bits per heavy atom. The minimum absolute atomic E-state index is 0.0193. The number of aromatic nitrogens is 2. The number of alkyl halides is 4. The monoisotopic (exact) mass is 392 g/mol. The first kappa shape index (κ1) is 19.5. The van der Waals surface area contributed by atoms with E-state index in [1.54, 1.807) is 26.0 Å². The van der Waals surface area contributed by atoms with Crippen LogP contribution in [0, 0.1) is 25.2 Å². The van der Waals surface area contributed by atoms with Crippen molar-refractivity contribution in [2.24, 2.45) is 0 Å². The first-order valence-electron chi connectivity index (χ1n) is 8.18. The van der Waals surface area contributed by atoms with Crippen molar-refractivity contribution in [3.05, 3.63) is 40.7 Å². The highest BCUT2D eigenvalue weighted by Gasteiger charge is 2.28. The van der Waals surface area contributed by atoms with Gasteiger partial charge in [-0.2, -0.15) is 14.0 Å². The molecule has 0 aliphatic carbocycles. The zero-order valence-corrected chi connectivity index (χ0v) is 15.2. The van der Waals surface area contributed by atoms with E-state index in [1.807, 2.05) is 6.07 Å². The van der Waals surface area contributed by atoms with E-state index in [0.29, 0.717) is 22.4 Å². The molecule has 0 aliphatic rings. The van der Waals surface area contributed by atoms with E-state index in [-0.39, 0.29) is 32.4 Å². The lowest BCUT2D eigenvalue weighted by molar-refractivity contribution is 0.0520. The standard InChI is InChI=1S/C19H16F4N4O/c1-8-4-5-12(28-3)9(2)13(8)14-15(25)10(7-24)6-11-16(14)26-18(17(20)21)27(11)19(22)23/h4-6,17,19H,25H2,1-3H3. The summed E-state index contributed by atoms with van der Waals surface area (Å²) in [6, 6.07) is 6.35. The first-order valence-corrected chi connectivity index (χ1v) is 8.18. The lowest BCUT2D eigenvalue weighted by Crippen LogP contribution is -2.05. The molecule has 0 fully saturated rings. The maximum atomic E-state index is 13.6. The van der Waals surface area contributed by atoms with Gasteiger partial charge < -0.3 is 10.5 Å². The molecule has 1 heterocycles. The maximum Gasteiger partial charge on any atom is 0.320 e. The summed E-state index contributed by atoms with van der Waals surface area (Å²) in [5, 5.41) is 9.41. The van der Waals surface area contributed by atoms with E-state index < -0.39 is 18.8 Å². The zero-order valence-electron chi connectivity index (χ0n) is 15.2. The molecule has 0 aliphatic heterocycles. The highest BCUT2D eigenvalue weighted by Crippen LogP contribution is 2.43. The number of imidazole rings is 1. The molecule has 3 rings (SSSR count). The van der Waals surface area contributed by atoms with Crippen molar-refractivity contribution in [3.63, 3.8) is 0 Å². The molecule has 3 aromatic rings. The number of hydrogen-bond acceptors (Lipinski definition) is 4. The van der Waals surface area contributed by atoms with Gasteiger partial charge in [0.15, 0.2) is 5.82 Å². The number of hydrogen-bond donors (Lipinski definition) is 1. The van der Waals surface area contributed by atoms with E-state index in [2.05, 4.69) is 4.98 Å². The summed E-state index contributed by atoms with van der Waals surface area (Å²) in [5.41, 5.74) is 7.59. The third-order valence-electron chi connectivity index (χ3n) is 4.66. The van der Waals surface area contributed by atoms with Crippen LogP contribution in [-0.2, 0) is 0 Å². The summed E-state index contributed by atoms with van der Waals surface area (Å²) in [7, 11) is 1.46. The third-order valence-corrected chi connectivity index (χ3v) is 4.66. The zero-order chi connectivity index (χ0) is 20.7. The van der Waals surface area contributed by atoms with Crippen LogP contribution < -0.4 is 10.5 Å². The molecule has 0 spiro atoms. The van der Waals surface area contributed by atoms with Crippen molar-refractivity contribution in [3.8, 4) is 22.9 Å². The normalized spacial score (nSPS) is 11.4. The maximum absolute atomic E-state index is 13.6. The average molecular weight is 392 g/mol. The van der Waals surface area contributed by atoms with Gasteiger partial charge in [-0.1, -0.05) is 6.07 Å². The molecule has 0 amide bonds. The molecule has 1 aromatic heterocycles. The van der Waals surface area contributed by atoms with Crippen LogP contribution in [0.25, 0.3) is 22.2 Å². The molecule has 0 unspecified atom stereocenters. The number of rotatable bonds is 4. The van der Waals surface area contributed by atoms with Crippen LogP contribution >= 0.6 is 0 Å². The van der Waals surface area contributed by atoms with Gasteiger partial charge in [-0.15, -0.1) is 0 Å². The number of fused-ring (bicyclic) bond motifs is 1. The lowest BCUT2D eigenvalue weighted by atomic mass is 9.91. The predicted molar refractivity (Wildman–Crippen MR) is 96.5 cm³/mol. The Kier molecular flexibility index (Phi) is 4.89. The molecule has 146 valence electrons. The Balaban J connectivity index is 2.56. The number of methoxy groups -OCH3 is 1. The molecule has 0 saturated carbocycles. The molecule has 9 heteroatoms. The van der Waals surface area contributed by atoms with Gasteiger partial charge in [0.05, 0.1) is 29.4 Å². The van der Waals surface area contributed by atoms with Crippen molar-refractivity contribution in [2.45, 2.75) is 26.8 Å². The highest BCUT2D eigenvalue weighted by atomic mass is 19.3. The highest BCUT2D eigenvalue weighted by molar-refractivity contribution is 6.03. The molecular weight excluding hydrogens is 376 g/mol. The van der Waals surface area contributed by atoms with Gasteiger partial charge in [0.2, 0.25) is 0 Å². The van der Waals surface area contributed by atoms with E-state index in [1.165, 1.54) is 7.11 Å². The fourth-order valence-electron chi connectivity index (χ4n) is 3.40. The number of nitrogens with zero attached hydrogens (tertiary/aromatic N) is 3. The number of benzene rings is 2. The molecule has 5 nitrogen and oxygen atoms in total. The Hall–Kier alpha value is -3.28. The minimum Gasteiger partial charge on any atom is -0.496 e. The fourth-order valence-corrected chi connectivity index (χ4v) is 3.40. The summed E-state index contributed by atoms with van der Waals surface area (Å²) in [6.45, 7) is 0.220. The largest absolute Gasteiger partial charge is 0.496 e. The molecule has 0 radical (unpaired) electrons. The van der Waals surface area contributed by atoms with Crippen molar-refractivity contribution in [2.75, 3.05) is 12.8 Å². The van der Waals surface area contributed by atoms with E-state index in [4.69, 9.17) is 10.5 Å². The topological polar surface area (TPSA) is 76.9 Å². The fraction of sp³-hybridized carbons (Fsp3) is 0.263. The number of ether oxygens (including phenoxy) is 1. The summed E-state index contributed by atoms with van der Waals surface area (Å²) in [6.07, 6.45) is -3.23. The second kappa shape index (κ2) is 7.03. The minimum atomic E-state index is -3.26. The molecule has 0 atom stereocenters. The van der Waals surface area contributed by atoms with E-state index in [9.17, 15) is 22.8 Å². The molecule has 0 saturated heterocycles. The Morgan fingerprint density at radius 1 is 1.18 bits per heavy atom. The van der Waals surface area contributed by atoms with Gasteiger partial charge >= 0.3 is 6.55 Å². The van der Waals surface area contributed by atoms with Gasteiger partial charge in [0.1, 0.15) is 11.8 Å². The summed E-state index contributed by atoms with van der Waals surface area (Å²) < 4.78 is 59.3. The second-order valence-corrected chi connectivity index (χ2v) is 6.20. The number of halogens is 4. The number of anilines is 1. The van der Waals surface area contributed by atoms with Crippen molar-refractivity contribution >= 4 is 16.7 Å². The van der Waals surface area contributed by atoms with Crippen LogP contribution in [0.4, 0.5) is 23.2 Å². The van der Waals surface area contributed by atoms with Gasteiger partial charge in [-0.05, 0) is 42.7 Å². The smallest absolute Gasteiger partial charge is 0.320 e. The van der Waals surface area contributed by atoms with E-state index in [0.717, 1.165) is 6.07 Å². The number of nitriles is 1. The van der Waals surface area contributed by atoms with Gasteiger partial charge in [0.25, 0.3) is 6.43 Å². The van der Waals surface area contributed by atoms with Crippen LogP contribution in [0.1, 0.15) is 35.5 Å². The summed E-state index contributed by atoms with van der Waals surface area (Å²) >= 11 is 0. The number of aryl methyl sites for hydroxylation is 1. The molecule has 2 N–H and O–H groups in total. The first-order chi connectivity index (χ1) is 13.2. The van der Waals surface area contributed by atoms with Crippen molar-refractivity contribution in [1.82, 2.24) is 9.55 Å². The molecule has 2 aromatic carbocycles. The summed E-state index contributed by atoms with van der Waals surface area (Å²) in [4.78, 5) is 3.79. The quantitative estimate of drug-likeness (QED) is 0.494. The Bertz CT molecular complexity index is 1120. The van der Waals surface area contributed by atoms with Gasteiger partial charge in [0, 0.05) is 5.56 Å². The number of nitrogen functional groups attached to an aromatic ring is 1. The van der Waals surface area contributed by atoms with Crippen LogP contribution in [-0.4, -0.2) is 16.7 Å². The number of nitrogens with two attached hydrogens (primary N) is 1.